The van der Waals surface area contributed by atoms with Gasteiger partial charge in [-0.3, -0.25) is 4.79 Å². The SMILES string of the molecule is Cc1ccc(C(=O)/C=N/NC(N)=O)o1. The van der Waals surface area contributed by atoms with E-state index in [0.29, 0.717) is 5.76 Å². The Morgan fingerprint density at radius 1 is 1.57 bits per heavy atom. The number of hydrogen-bond acceptors (Lipinski definition) is 4. The third-order valence-electron chi connectivity index (χ3n) is 1.34. The molecule has 1 heterocycles. The molecule has 2 amide bonds. The smallest absolute Gasteiger partial charge is 0.332 e. The summed E-state index contributed by atoms with van der Waals surface area (Å²) < 4.78 is 5.02. The van der Waals surface area contributed by atoms with Crippen LogP contribution in [0.1, 0.15) is 16.3 Å². The summed E-state index contributed by atoms with van der Waals surface area (Å²) in [4.78, 5) is 21.4. The number of Topliss-reactive ketones (excluding diaryl/α,β-unsaturated/α-hetero) is 1. The van der Waals surface area contributed by atoms with E-state index in [1.165, 1.54) is 6.07 Å². The molecule has 0 saturated carbocycles. The van der Waals surface area contributed by atoms with Gasteiger partial charge in [0.05, 0.1) is 6.21 Å². The van der Waals surface area contributed by atoms with Crippen molar-refractivity contribution in [2.45, 2.75) is 6.92 Å². The number of furan rings is 1. The molecule has 0 radical (unpaired) electrons. The molecule has 0 aliphatic heterocycles. The standard InChI is InChI=1S/C8H9N3O3/c1-5-2-3-7(14-5)6(12)4-10-11-8(9)13/h2-4H,1H3,(H3,9,11,13)/b10-4+. The third-order valence-corrected chi connectivity index (χ3v) is 1.34. The minimum Gasteiger partial charge on any atom is -0.458 e. The summed E-state index contributed by atoms with van der Waals surface area (Å²) in [7, 11) is 0. The number of carbonyl (C=O) groups excluding carboxylic acids is 2. The van der Waals surface area contributed by atoms with E-state index in [2.05, 4.69) is 5.10 Å². The molecule has 74 valence electrons. The van der Waals surface area contributed by atoms with Crippen LogP contribution >= 0.6 is 0 Å². The van der Waals surface area contributed by atoms with Gasteiger partial charge in [-0.05, 0) is 19.1 Å². The molecule has 0 fully saturated rings. The van der Waals surface area contributed by atoms with Gasteiger partial charge in [-0.1, -0.05) is 0 Å². The van der Waals surface area contributed by atoms with Crippen LogP contribution in [0, 0.1) is 6.92 Å². The lowest BCUT2D eigenvalue weighted by Crippen LogP contribution is -2.24. The Hall–Kier alpha value is -2.11. The summed E-state index contributed by atoms with van der Waals surface area (Å²) in [5.74, 6) is 0.356. The Labute approximate surface area is 79.8 Å². The number of nitrogens with two attached hydrogens (primary N) is 1. The summed E-state index contributed by atoms with van der Waals surface area (Å²) in [5.41, 5.74) is 6.62. The second-order valence-corrected chi connectivity index (χ2v) is 2.51. The van der Waals surface area contributed by atoms with Gasteiger partial charge >= 0.3 is 6.03 Å². The number of hydrazone groups is 1. The van der Waals surface area contributed by atoms with Gasteiger partial charge in [0, 0.05) is 0 Å². The number of carbonyl (C=O) groups is 2. The van der Waals surface area contributed by atoms with Crippen LogP contribution in [0.3, 0.4) is 0 Å². The maximum Gasteiger partial charge on any atom is 0.332 e. The van der Waals surface area contributed by atoms with Crippen LogP contribution in [-0.4, -0.2) is 18.0 Å². The number of amides is 2. The zero-order valence-corrected chi connectivity index (χ0v) is 7.48. The van der Waals surface area contributed by atoms with E-state index < -0.39 is 11.8 Å². The van der Waals surface area contributed by atoms with Crippen molar-refractivity contribution < 1.29 is 14.0 Å². The molecule has 0 aliphatic carbocycles. The van der Waals surface area contributed by atoms with Gasteiger partial charge in [-0.2, -0.15) is 5.10 Å². The Balaban J connectivity index is 2.59. The van der Waals surface area contributed by atoms with Crippen molar-refractivity contribution in [2.24, 2.45) is 10.8 Å². The van der Waals surface area contributed by atoms with E-state index in [0.717, 1.165) is 6.21 Å². The third kappa shape index (κ3) is 2.74. The summed E-state index contributed by atoms with van der Waals surface area (Å²) in [6, 6.07) is 2.35. The molecule has 0 spiro atoms. The maximum absolute atomic E-state index is 11.2. The van der Waals surface area contributed by atoms with E-state index in [-0.39, 0.29) is 5.76 Å². The van der Waals surface area contributed by atoms with Gasteiger partial charge in [0.25, 0.3) is 0 Å². The number of primary amides is 1. The molecular formula is C8H9N3O3. The summed E-state index contributed by atoms with van der Waals surface area (Å²) in [6.07, 6.45) is 0.920. The predicted octanol–water partition coefficient (Wildman–Crippen LogP) is 0.425. The molecule has 3 N–H and O–H groups in total. The van der Waals surface area contributed by atoms with E-state index in [1.54, 1.807) is 13.0 Å². The molecule has 0 aromatic carbocycles. The average Bonchev–Trinajstić information content (AvgIpc) is 2.51. The highest BCUT2D eigenvalue weighted by molar-refractivity contribution is 6.34. The molecule has 0 saturated heterocycles. The first kappa shape index (κ1) is 9.97. The first-order chi connectivity index (χ1) is 6.59. The van der Waals surface area contributed by atoms with Gasteiger partial charge in [0.1, 0.15) is 5.76 Å². The largest absolute Gasteiger partial charge is 0.458 e. The zero-order valence-electron chi connectivity index (χ0n) is 7.48. The highest BCUT2D eigenvalue weighted by Crippen LogP contribution is 2.05. The summed E-state index contributed by atoms with van der Waals surface area (Å²) in [5, 5.41) is 3.30. The minimum absolute atomic E-state index is 0.164. The molecule has 1 rings (SSSR count). The molecular weight excluding hydrogens is 186 g/mol. The fourth-order valence-corrected chi connectivity index (χ4v) is 0.785. The van der Waals surface area contributed by atoms with Crippen molar-refractivity contribution in [3.05, 3.63) is 23.7 Å². The quantitative estimate of drug-likeness (QED) is 0.415. The Morgan fingerprint density at radius 3 is 2.79 bits per heavy atom. The lowest BCUT2D eigenvalue weighted by molar-refractivity contribution is 0.104. The van der Waals surface area contributed by atoms with E-state index in [4.69, 9.17) is 10.2 Å². The topological polar surface area (TPSA) is 97.7 Å². The second kappa shape index (κ2) is 4.22. The molecule has 0 aliphatic rings. The second-order valence-electron chi connectivity index (χ2n) is 2.51. The van der Waals surface area contributed by atoms with Crippen molar-refractivity contribution in [2.75, 3.05) is 0 Å². The highest BCUT2D eigenvalue weighted by Gasteiger charge is 2.06. The first-order valence-corrected chi connectivity index (χ1v) is 3.79. The van der Waals surface area contributed by atoms with Crippen LogP contribution < -0.4 is 11.2 Å². The molecule has 0 bridgehead atoms. The van der Waals surface area contributed by atoms with Crippen molar-refractivity contribution in [3.63, 3.8) is 0 Å². The van der Waals surface area contributed by atoms with E-state index >= 15 is 0 Å². The van der Waals surface area contributed by atoms with Gasteiger partial charge in [0.15, 0.2) is 5.76 Å². The Morgan fingerprint density at radius 2 is 2.29 bits per heavy atom. The Bertz CT molecular complexity index is 381. The van der Waals surface area contributed by atoms with Crippen LogP contribution in [0.4, 0.5) is 4.79 Å². The summed E-state index contributed by atoms with van der Waals surface area (Å²) in [6.45, 7) is 1.72. The number of ketones is 1. The molecule has 0 unspecified atom stereocenters. The molecule has 1 aromatic rings. The Kier molecular flexibility index (Phi) is 3.01. The molecule has 0 atom stereocenters. The number of rotatable bonds is 3. The normalized spacial score (nSPS) is 10.4. The number of hydrogen-bond donors (Lipinski definition) is 2. The van der Waals surface area contributed by atoms with Crippen LogP contribution in [0.25, 0.3) is 0 Å². The summed E-state index contributed by atoms with van der Waals surface area (Å²) >= 11 is 0. The zero-order chi connectivity index (χ0) is 10.6. The molecule has 14 heavy (non-hydrogen) atoms. The number of nitrogens with zero attached hydrogens (tertiary/aromatic N) is 1. The molecule has 6 nitrogen and oxygen atoms in total. The predicted molar refractivity (Wildman–Crippen MR) is 49.0 cm³/mol. The number of aryl methyl sites for hydroxylation is 1. The lowest BCUT2D eigenvalue weighted by Gasteiger charge is -1.90. The fraction of sp³-hybridized carbons (Fsp3) is 0.125. The van der Waals surface area contributed by atoms with E-state index in [1.807, 2.05) is 5.43 Å². The van der Waals surface area contributed by atoms with Crippen molar-refractivity contribution >= 4 is 18.0 Å². The first-order valence-electron chi connectivity index (χ1n) is 3.79. The van der Waals surface area contributed by atoms with Crippen LogP contribution in [-0.2, 0) is 0 Å². The number of nitrogens with one attached hydrogen (secondary N) is 1. The van der Waals surface area contributed by atoms with Crippen LogP contribution in [0.15, 0.2) is 21.7 Å². The maximum atomic E-state index is 11.2. The van der Waals surface area contributed by atoms with Crippen molar-refractivity contribution in [3.8, 4) is 0 Å². The fourth-order valence-electron chi connectivity index (χ4n) is 0.785. The molecule has 6 heteroatoms. The highest BCUT2D eigenvalue weighted by atomic mass is 16.3. The minimum atomic E-state index is -0.829. The van der Waals surface area contributed by atoms with E-state index in [9.17, 15) is 9.59 Å². The van der Waals surface area contributed by atoms with Crippen LogP contribution in [0.2, 0.25) is 0 Å². The van der Waals surface area contributed by atoms with Gasteiger partial charge in [0.2, 0.25) is 5.78 Å². The molecule has 1 aromatic heterocycles. The average molecular weight is 195 g/mol. The van der Waals surface area contributed by atoms with Gasteiger partial charge in [-0.25, -0.2) is 10.2 Å². The van der Waals surface area contributed by atoms with Crippen LogP contribution in [0.5, 0.6) is 0 Å². The van der Waals surface area contributed by atoms with Crippen molar-refractivity contribution in [1.82, 2.24) is 5.43 Å². The monoisotopic (exact) mass is 195 g/mol. The number of urea groups is 1. The van der Waals surface area contributed by atoms with Gasteiger partial charge < -0.3 is 10.2 Å². The van der Waals surface area contributed by atoms with Gasteiger partial charge in [-0.15, -0.1) is 0 Å². The van der Waals surface area contributed by atoms with Crippen molar-refractivity contribution in [1.29, 1.82) is 0 Å². The lowest BCUT2D eigenvalue weighted by atomic mass is 10.3.